The van der Waals surface area contributed by atoms with Gasteiger partial charge in [-0.25, -0.2) is 0 Å². The predicted molar refractivity (Wildman–Crippen MR) is 127 cm³/mol. The van der Waals surface area contributed by atoms with Crippen LogP contribution in [0.5, 0.6) is 5.75 Å². The van der Waals surface area contributed by atoms with E-state index in [9.17, 15) is 9.59 Å². The lowest BCUT2D eigenvalue weighted by molar-refractivity contribution is -0.137. The second-order valence-electron chi connectivity index (χ2n) is 7.20. The van der Waals surface area contributed by atoms with Crippen molar-refractivity contribution in [3.05, 3.63) is 101 Å². The molecule has 0 bridgehead atoms. The van der Waals surface area contributed by atoms with Crippen LogP contribution in [-0.4, -0.2) is 29.9 Å². The third-order valence-corrected chi connectivity index (χ3v) is 6.08. The number of carbonyl (C=O) groups excluding carboxylic acids is 2. The summed E-state index contributed by atoms with van der Waals surface area (Å²) in [7, 11) is 0. The van der Waals surface area contributed by atoms with Gasteiger partial charge < -0.3 is 10.1 Å². The van der Waals surface area contributed by atoms with Crippen molar-refractivity contribution in [3.63, 3.8) is 0 Å². The molecule has 32 heavy (non-hydrogen) atoms. The van der Waals surface area contributed by atoms with E-state index < -0.39 is 0 Å². The molecule has 1 N–H and O–H groups in total. The van der Waals surface area contributed by atoms with E-state index in [1.54, 1.807) is 0 Å². The number of amides is 2. The van der Waals surface area contributed by atoms with Gasteiger partial charge in [-0.05, 0) is 55.3 Å². The Morgan fingerprint density at radius 1 is 0.844 bits per heavy atom. The lowest BCUT2D eigenvalue weighted by Crippen LogP contribution is -2.34. The summed E-state index contributed by atoms with van der Waals surface area (Å²) in [6.07, 6.45) is 0.609. The first-order valence-electron chi connectivity index (χ1n) is 10.5. The first-order valence-corrected chi connectivity index (χ1v) is 11.3. The van der Waals surface area contributed by atoms with Crippen LogP contribution >= 0.6 is 11.8 Å². The summed E-state index contributed by atoms with van der Waals surface area (Å²) in [5.74, 6) is 0.177. The number of ether oxygens (including phenoxy) is 1. The highest BCUT2D eigenvalue weighted by molar-refractivity contribution is 8.04. The maximum Gasteiger partial charge on any atom is 0.278 e. The average Bonchev–Trinajstić information content (AvgIpc) is 3.04. The largest absolute Gasteiger partial charge is 0.494 e. The van der Waals surface area contributed by atoms with E-state index in [-0.39, 0.29) is 11.8 Å². The fourth-order valence-corrected chi connectivity index (χ4v) is 4.37. The molecule has 0 radical (unpaired) electrons. The minimum Gasteiger partial charge on any atom is -0.494 e. The minimum absolute atomic E-state index is 0.270. The van der Waals surface area contributed by atoms with Crippen molar-refractivity contribution in [2.24, 2.45) is 0 Å². The topological polar surface area (TPSA) is 58.6 Å². The van der Waals surface area contributed by atoms with Gasteiger partial charge >= 0.3 is 0 Å². The molecule has 2 amide bonds. The third-order valence-electron chi connectivity index (χ3n) is 4.99. The van der Waals surface area contributed by atoms with Crippen molar-refractivity contribution in [1.29, 1.82) is 0 Å². The minimum atomic E-state index is -0.307. The first-order chi connectivity index (χ1) is 15.7. The summed E-state index contributed by atoms with van der Waals surface area (Å²) >= 11 is 1.31. The summed E-state index contributed by atoms with van der Waals surface area (Å²) in [6, 6.07) is 26.8. The smallest absolute Gasteiger partial charge is 0.278 e. The van der Waals surface area contributed by atoms with E-state index in [2.05, 4.69) is 5.32 Å². The molecule has 0 fully saturated rings. The van der Waals surface area contributed by atoms with Gasteiger partial charge in [0.05, 0.1) is 6.61 Å². The molecule has 0 spiro atoms. The number of hydrogen-bond donors (Lipinski definition) is 1. The highest BCUT2D eigenvalue weighted by atomic mass is 32.2. The van der Waals surface area contributed by atoms with E-state index in [0.717, 1.165) is 21.9 Å². The Hall–Kier alpha value is -3.51. The SMILES string of the molecule is CCOc1ccc(NC2=C(Sc3ccccc3)C(=O)N(CCc3ccccc3)C2=O)cc1. The van der Waals surface area contributed by atoms with Crippen LogP contribution in [0.3, 0.4) is 0 Å². The number of carbonyl (C=O) groups is 2. The van der Waals surface area contributed by atoms with E-state index in [1.807, 2.05) is 91.9 Å². The van der Waals surface area contributed by atoms with Gasteiger partial charge in [-0.15, -0.1) is 0 Å². The van der Waals surface area contributed by atoms with Gasteiger partial charge in [0.25, 0.3) is 11.8 Å². The quantitative estimate of drug-likeness (QED) is 0.465. The summed E-state index contributed by atoms with van der Waals surface area (Å²) in [6.45, 7) is 2.84. The fraction of sp³-hybridized carbons (Fsp3) is 0.154. The van der Waals surface area contributed by atoms with Gasteiger partial charge in [0.1, 0.15) is 16.4 Å². The number of nitrogens with zero attached hydrogens (tertiary/aromatic N) is 1. The molecule has 0 aromatic heterocycles. The van der Waals surface area contributed by atoms with E-state index >= 15 is 0 Å². The van der Waals surface area contributed by atoms with Crippen molar-refractivity contribution in [1.82, 2.24) is 4.90 Å². The molecular formula is C26H24N2O3S. The number of hydrogen-bond acceptors (Lipinski definition) is 5. The van der Waals surface area contributed by atoms with Gasteiger partial charge in [0, 0.05) is 17.1 Å². The van der Waals surface area contributed by atoms with Crippen LogP contribution in [0.1, 0.15) is 12.5 Å². The summed E-state index contributed by atoms with van der Waals surface area (Å²) in [5.41, 5.74) is 2.11. The number of imide groups is 1. The molecule has 4 rings (SSSR count). The van der Waals surface area contributed by atoms with E-state index in [1.165, 1.54) is 16.7 Å². The second-order valence-corrected chi connectivity index (χ2v) is 8.28. The van der Waals surface area contributed by atoms with Crippen molar-refractivity contribution in [2.45, 2.75) is 18.2 Å². The van der Waals surface area contributed by atoms with Crippen LogP contribution in [0.4, 0.5) is 5.69 Å². The summed E-state index contributed by atoms with van der Waals surface area (Å²) in [5, 5.41) is 3.18. The van der Waals surface area contributed by atoms with Crippen molar-refractivity contribution >= 4 is 29.3 Å². The molecule has 0 unspecified atom stereocenters. The van der Waals surface area contributed by atoms with Crippen LogP contribution in [0, 0.1) is 0 Å². The number of anilines is 1. The molecule has 3 aromatic rings. The summed E-state index contributed by atoms with van der Waals surface area (Å²) in [4.78, 5) is 29.1. The molecule has 1 heterocycles. The molecular weight excluding hydrogens is 420 g/mol. The second kappa shape index (κ2) is 10.2. The van der Waals surface area contributed by atoms with Gasteiger partial charge in [-0.2, -0.15) is 0 Å². The lowest BCUT2D eigenvalue weighted by Gasteiger charge is -2.15. The van der Waals surface area contributed by atoms with E-state index in [4.69, 9.17) is 4.74 Å². The van der Waals surface area contributed by atoms with Crippen molar-refractivity contribution in [3.8, 4) is 5.75 Å². The Bertz CT molecular complexity index is 1110. The fourth-order valence-electron chi connectivity index (χ4n) is 3.40. The summed E-state index contributed by atoms with van der Waals surface area (Å²) < 4.78 is 5.49. The molecule has 162 valence electrons. The van der Waals surface area contributed by atoms with Gasteiger partial charge in [0.15, 0.2) is 0 Å². The Kier molecular flexibility index (Phi) is 6.92. The normalized spacial score (nSPS) is 13.6. The first kappa shape index (κ1) is 21.7. The predicted octanol–water partition coefficient (Wildman–Crippen LogP) is 5.11. The molecule has 1 aliphatic heterocycles. The Morgan fingerprint density at radius 3 is 2.16 bits per heavy atom. The van der Waals surface area contributed by atoms with Crippen molar-refractivity contribution in [2.75, 3.05) is 18.5 Å². The van der Waals surface area contributed by atoms with E-state index in [0.29, 0.717) is 30.2 Å². The molecule has 6 heteroatoms. The standard InChI is InChI=1S/C26H24N2O3S/c1-2-31-21-15-13-20(14-16-21)27-23-24(32-22-11-7-4-8-12-22)26(30)28(25(23)29)18-17-19-9-5-3-6-10-19/h3-16,27H,2,17-18H2,1H3. The lowest BCUT2D eigenvalue weighted by atomic mass is 10.1. The molecule has 0 atom stereocenters. The maximum absolute atomic E-state index is 13.3. The zero-order chi connectivity index (χ0) is 22.3. The molecule has 0 saturated heterocycles. The molecule has 1 aliphatic rings. The van der Waals surface area contributed by atoms with Crippen LogP contribution < -0.4 is 10.1 Å². The van der Waals surface area contributed by atoms with Crippen LogP contribution in [-0.2, 0) is 16.0 Å². The van der Waals surface area contributed by atoms with Crippen LogP contribution in [0.2, 0.25) is 0 Å². The van der Waals surface area contributed by atoms with Gasteiger partial charge in [-0.1, -0.05) is 60.3 Å². The zero-order valence-corrected chi connectivity index (χ0v) is 18.6. The highest BCUT2D eigenvalue weighted by Crippen LogP contribution is 2.36. The number of benzene rings is 3. The molecule has 0 saturated carbocycles. The number of nitrogens with one attached hydrogen (secondary N) is 1. The maximum atomic E-state index is 13.3. The molecule has 3 aromatic carbocycles. The van der Waals surface area contributed by atoms with Crippen LogP contribution in [0.25, 0.3) is 0 Å². The third kappa shape index (κ3) is 5.03. The zero-order valence-electron chi connectivity index (χ0n) is 17.8. The average molecular weight is 445 g/mol. The molecule has 5 nitrogen and oxygen atoms in total. The number of rotatable bonds is 9. The highest BCUT2D eigenvalue weighted by Gasteiger charge is 2.38. The van der Waals surface area contributed by atoms with Gasteiger partial charge in [-0.3, -0.25) is 14.5 Å². The van der Waals surface area contributed by atoms with Crippen LogP contribution in [0.15, 0.2) is 100 Å². The Morgan fingerprint density at radius 2 is 1.50 bits per heavy atom. The van der Waals surface area contributed by atoms with Crippen molar-refractivity contribution < 1.29 is 14.3 Å². The Balaban J connectivity index is 1.58. The monoisotopic (exact) mass is 444 g/mol. The van der Waals surface area contributed by atoms with Gasteiger partial charge in [0.2, 0.25) is 0 Å². The Labute approximate surface area is 192 Å². The molecule has 0 aliphatic carbocycles. The number of thioether (sulfide) groups is 1.